The first-order valence-electron chi connectivity index (χ1n) is 10.3. The third-order valence-electron chi connectivity index (χ3n) is 6.70. The van der Waals surface area contributed by atoms with E-state index in [-0.39, 0.29) is 17.1 Å². The lowest BCUT2D eigenvalue weighted by Gasteiger charge is -2.52. The number of rotatable bonds is 4. The fourth-order valence-corrected chi connectivity index (χ4v) is 4.70. The maximum absolute atomic E-state index is 12.2. The normalized spacial score (nSPS) is 21.9. The van der Waals surface area contributed by atoms with E-state index in [9.17, 15) is 20.0 Å². The maximum atomic E-state index is 12.2. The van der Waals surface area contributed by atoms with Gasteiger partial charge in [-0.2, -0.15) is 5.26 Å². The molecule has 0 aromatic carbocycles. The van der Waals surface area contributed by atoms with Gasteiger partial charge in [0, 0.05) is 50.2 Å². The number of carbonyl (C=O) groups is 1. The molecule has 160 valence electrons. The van der Waals surface area contributed by atoms with Gasteiger partial charge in [-0.05, 0) is 26.8 Å². The van der Waals surface area contributed by atoms with Gasteiger partial charge in [0.1, 0.15) is 12.2 Å². The molecule has 30 heavy (non-hydrogen) atoms. The topological polar surface area (TPSA) is 111 Å². The summed E-state index contributed by atoms with van der Waals surface area (Å²) < 4.78 is 2.38. The molecule has 1 aliphatic rings. The van der Waals surface area contributed by atoms with E-state index < -0.39 is 6.09 Å². The Morgan fingerprint density at radius 2 is 2.03 bits per heavy atom. The van der Waals surface area contributed by atoms with Gasteiger partial charge in [0.05, 0.1) is 41.8 Å². The van der Waals surface area contributed by atoms with Crippen LogP contribution in [0.1, 0.15) is 44.7 Å². The largest absolute Gasteiger partial charge is 0.530 e. The number of carboxylic acid groups (broad SMARTS) is 1. The molecule has 1 fully saturated rings. The summed E-state index contributed by atoms with van der Waals surface area (Å²) in [6, 6.07) is 5.34. The minimum absolute atomic E-state index is 0.0477. The zero-order valence-electron chi connectivity index (χ0n) is 18.1. The van der Waals surface area contributed by atoms with E-state index >= 15 is 0 Å². The molecule has 2 aromatic rings. The number of hydrogen-bond acceptors (Lipinski definition) is 5. The number of pyridine rings is 2. The van der Waals surface area contributed by atoms with Gasteiger partial charge >= 0.3 is 0 Å². The number of likely N-dealkylation sites (tertiary alicyclic amines) is 1. The van der Waals surface area contributed by atoms with E-state index in [4.69, 9.17) is 0 Å². The second-order valence-corrected chi connectivity index (χ2v) is 9.17. The number of aryl methyl sites for hydroxylation is 1. The molecule has 0 saturated carbocycles. The number of quaternary nitrogens is 1. The van der Waals surface area contributed by atoms with Crippen LogP contribution >= 0.6 is 0 Å². The molecule has 1 aliphatic heterocycles. The zero-order chi connectivity index (χ0) is 22.1. The molecular formula is C22H29N5O3. The molecule has 8 nitrogen and oxygen atoms in total. The highest BCUT2D eigenvalue weighted by Gasteiger charge is 2.43. The van der Waals surface area contributed by atoms with Gasteiger partial charge < -0.3 is 24.3 Å². The summed E-state index contributed by atoms with van der Waals surface area (Å²) in [6.07, 6.45) is 2.48. The lowest BCUT2D eigenvalue weighted by Crippen LogP contribution is -2.66. The van der Waals surface area contributed by atoms with Crippen molar-refractivity contribution in [2.45, 2.75) is 51.6 Å². The fraction of sp³-hybridized carbons (Fsp3) is 0.545. The van der Waals surface area contributed by atoms with Gasteiger partial charge in [-0.25, -0.2) is 0 Å². The number of nitrogens with zero attached hydrogens (tertiary/aromatic N) is 4. The quantitative estimate of drug-likeness (QED) is 0.756. The van der Waals surface area contributed by atoms with Gasteiger partial charge in [0.25, 0.3) is 5.56 Å². The van der Waals surface area contributed by atoms with Crippen molar-refractivity contribution in [2.75, 3.05) is 19.6 Å². The molecule has 3 rings (SSSR count). The lowest BCUT2D eigenvalue weighted by atomic mass is 9.91. The molecule has 0 atom stereocenters. The first-order valence-corrected chi connectivity index (χ1v) is 10.3. The Balaban J connectivity index is 1.95. The minimum Gasteiger partial charge on any atom is -0.530 e. The molecule has 1 amide bonds. The molecule has 0 aliphatic carbocycles. The van der Waals surface area contributed by atoms with Crippen molar-refractivity contribution in [3.8, 4) is 6.07 Å². The van der Waals surface area contributed by atoms with Crippen molar-refractivity contribution in [1.29, 1.82) is 5.26 Å². The Hall–Kier alpha value is -2.92. The molecule has 0 radical (unpaired) electrons. The van der Waals surface area contributed by atoms with Crippen molar-refractivity contribution < 1.29 is 14.4 Å². The number of aromatic nitrogens is 2. The number of piperidine rings is 1. The zero-order valence-corrected chi connectivity index (χ0v) is 18.1. The van der Waals surface area contributed by atoms with Crippen LogP contribution in [0.25, 0.3) is 11.0 Å². The maximum Gasteiger partial charge on any atom is 0.250 e. The molecule has 0 spiro atoms. The molecule has 1 saturated heterocycles. The first-order chi connectivity index (χ1) is 14.1. The molecule has 1 N–H and O–H groups in total. The van der Waals surface area contributed by atoms with E-state index in [2.05, 4.69) is 37.1 Å². The highest BCUT2D eigenvalue weighted by molar-refractivity contribution is 5.80. The van der Waals surface area contributed by atoms with Crippen LogP contribution in [-0.2, 0) is 13.5 Å². The number of nitriles is 1. The van der Waals surface area contributed by atoms with Gasteiger partial charge in [-0.3, -0.25) is 9.78 Å². The van der Waals surface area contributed by atoms with Crippen LogP contribution in [0, 0.1) is 11.3 Å². The summed E-state index contributed by atoms with van der Waals surface area (Å²) >= 11 is 0. The van der Waals surface area contributed by atoms with Crippen molar-refractivity contribution in [3.63, 3.8) is 0 Å². The number of carbonyl (C=O) groups excluding carboxylic acids is 1. The van der Waals surface area contributed by atoms with Crippen LogP contribution in [0.15, 0.2) is 23.1 Å². The SMILES string of the molecule is Cn1c(=O)ccc2ncc(C#N)c(CC[N+]3(C(C)(C)C)CCC(NC(=O)[O-])CC3)c21. The van der Waals surface area contributed by atoms with Gasteiger partial charge in [0.2, 0.25) is 0 Å². The van der Waals surface area contributed by atoms with Crippen LogP contribution in [0.3, 0.4) is 0 Å². The van der Waals surface area contributed by atoms with Crippen molar-refractivity contribution in [2.24, 2.45) is 7.05 Å². The van der Waals surface area contributed by atoms with E-state index in [1.807, 2.05) is 0 Å². The van der Waals surface area contributed by atoms with Crippen molar-refractivity contribution in [1.82, 2.24) is 14.9 Å². The number of hydrogen-bond donors (Lipinski definition) is 1. The van der Waals surface area contributed by atoms with Gasteiger partial charge in [-0.1, -0.05) is 0 Å². The highest BCUT2D eigenvalue weighted by atomic mass is 16.4. The third-order valence-corrected chi connectivity index (χ3v) is 6.70. The third kappa shape index (κ3) is 4.03. The van der Waals surface area contributed by atoms with Crippen molar-refractivity contribution >= 4 is 17.1 Å². The summed E-state index contributed by atoms with van der Waals surface area (Å²) in [5.41, 5.74) is 2.57. The summed E-state index contributed by atoms with van der Waals surface area (Å²) in [5, 5.41) is 23.1. The highest BCUT2D eigenvalue weighted by Crippen LogP contribution is 2.32. The Morgan fingerprint density at radius 1 is 1.37 bits per heavy atom. The molecule has 3 heterocycles. The Morgan fingerprint density at radius 3 is 2.60 bits per heavy atom. The molecule has 0 bridgehead atoms. The summed E-state index contributed by atoms with van der Waals surface area (Å²) in [7, 11) is 1.71. The van der Waals surface area contributed by atoms with Crippen LogP contribution in [-0.4, -0.2) is 51.3 Å². The molecule has 8 heteroatoms. The van der Waals surface area contributed by atoms with Gasteiger partial charge in [0.15, 0.2) is 0 Å². The minimum atomic E-state index is -1.22. The second-order valence-electron chi connectivity index (χ2n) is 9.17. The van der Waals surface area contributed by atoms with E-state index in [1.165, 1.54) is 6.07 Å². The van der Waals surface area contributed by atoms with E-state index in [0.29, 0.717) is 23.0 Å². The first kappa shape index (κ1) is 21.8. The van der Waals surface area contributed by atoms with E-state index in [1.54, 1.807) is 23.9 Å². The monoisotopic (exact) mass is 411 g/mol. The Kier molecular flexibility index (Phi) is 5.86. The summed E-state index contributed by atoms with van der Waals surface area (Å²) in [6.45, 7) is 9.05. The lowest BCUT2D eigenvalue weighted by molar-refractivity contribution is -0.974. The summed E-state index contributed by atoms with van der Waals surface area (Å²) in [4.78, 5) is 27.5. The Labute approximate surface area is 176 Å². The summed E-state index contributed by atoms with van der Waals surface area (Å²) in [5.74, 6) is 0. The predicted octanol–water partition coefficient (Wildman–Crippen LogP) is 1.06. The predicted molar refractivity (Wildman–Crippen MR) is 112 cm³/mol. The van der Waals surface area contributed by atoms with E-state index in [0.717, 1.165) is 42.5 Å². The molecular weight excluding hydrogens is 382 g/mol. The van der Waals surface area contributed by atoms with Gasteiger partial charge in [-0.15, -0.1) is 0 Å². The average molecular weight is 412 g/mol. The standard InChI is InChI=1S/C22H29N5O3/c1-22(2,3)27(10-7-16(8-11-27)25-21(29)30)12-9-17-15(13-23)14-24-18-5-6-19(28)26(4)20(17)18/h5-6,14,16,25H,7-12H2,1-4H3. The average Bonchev–Trinajstić information content (AvgIpc) is 2.68. The molecule has 0 unspecified atom stereocenters. The number of amides is 1. The van der Waals surface area contributed by atoms with Crippen LogP contribution in [0.2, 0.25) is 0 Å². The Bertz CT molecular complexity index is 1050. The fourth-order valence-electron chi connectivity index (χ4n) is 4.70. The van der Waals surface area contributed by atoms with Crippen LogP contribution in [0.5, 0.6) is 0 Å². The smallest absolute Gasteiger partial charge is 0.250 e. The number of nitrogens with one attached hydrogen (secondary N) is 1. The number of fused-ring (bicyclic) bond motifs is 1. The second kappa shape index (κ2) is 8.07. The van der Waals surface area contributed by atoms with Crippen LogP contribution < -0.4 is 16.0 Å². The molecule has 2 aromatic heterocycles. The van der Waals surface area contributed by atoms with Crippen LogP contribution in [0.4, 0.5) is 4.79 Å². The van der Waals surface area contributed by atoms with Crippen molar-refractivity contribution in [3.05, 3.63) is 39.8 Å².